The first-order valence-electron chi connectivity index (χ1n) is 6.07. The van der Waals surface area contributed by atoms with Gasteiger partial charge in [0.1, 0.15) is 5.75 Å². The summed E-state index contributed by atoms with van der Waals surface area (Å²) < 4.78 is 6.83. The Labute approximate surface area is 111 Å². The fourth-order valence-corrected chi connectivity index (χ4v) is 2.61. The van der Waals surface area contributed by atoms with Crippen LogP contribution in [0.25, 0.3) is 0 Å². The van der Waals surface area contributed by atoms with Gasteiger partial charge < -0.3 is 10.1 Å². The first-order valence-corrected chi connectivity index (χ1v) is 6.86. The van der Waals surface area contributed by atoms with Gasteiger partial charge in [0.2, 0.25) is 0 Å². The Bertz CT molecular complexity index is 415. The Morgan fingerprint density at radius 1 is 1.47 bits per heavy atom. The van der Waals surface area contributed by atoms with Crippen LogP contribution in [0.2, 0.25) is 0 Å². The first-order chi connectivity index (χ1) is 8.31. The summed E-state index contributed by atoms with van der Waals surface area (Å²) in [5.74, 6) is 1.09. The van der Waals surface area contributed by atoms with Gasteiger partial charge in [-0.3, -0.25) is 0 Å². The van der Waals surface area contributed by atoms with Crippen LogP contribution in [-0.4, -0.2) is 13.2 Å². The molecule has 92 valence electrons. The Kier molecular flexibility index (Phi) is 4.63. The third kappa shape index (κ3) is 3.33. The maximum atomic E-state index is 5.69. The molecule has 17 heavy (non-hydrogen) atoms. The second-order valence-corrected chi connectivity index (χ2v) is 5.10. The number of benzene rings is 1. The van der Waals surface area contributed by atoms with Crippen LogP contribution in [0.15, 0.2) is 28.8 Å². The quantitative estimate of drug-likeness (QED) is 0.664. The van der Waals surface area contributed by atoms with Crippen molar-refractivity contribution in [1.29, 1.82) is 0 Å². The predicted molar refractivity (Wildman–Crippen MR) is 74.5 cm³/mol. The van der Waals surface area contributed by atoms with Crippen molar-refractivity contribution >= 4 is 15.9 Å². The van der Waals surface area contributed by atoms with E-state index in [4.69, 9.17) is 4.74 Å². The second kappa shape index (κ2) is 6.22. The smallest absolute Gasteiger partial charge is 0.127 e. The standard InChI is InChI=1S/C14H18BrNO/c1-2-3-4-6-16-10-12-9-13(15)8-11-5-7-17-14(11)12/h2-3,8-9,16H,4-7,10H2,1H3/b3-2+. The molecular formula is C14H18BrNO. The van der Waals surface area contributed by atoms with Gasteiger partial charge in [0, 0.05) is 23.0 Å². The number of hydrogen-bond acceptors (Lipinski definition) is 2. The van der Waals surface area contributed by atoms with E-state index < -0.39 is 0 Å². The SMILES string of the molecule is C/C=C/CCNCc1cc(Br)cc2c1OCC2. The molecule has 1 aromatic carbocycles. The van der Waals surface area contributed by atoms with Crippen molar-refractivity contribution in [2.75, 3.05) is 13.2 Å². The molecule has 2 rings (SSSR count). The number of rotatable bonds is 5. The van der Waals surface area contributed by atoms with E-state index >= 15 is 0 Å². The van der Waals surface area contributed by atoms with E-state index in [9.17, 15) is 0 Å². The molecule has 0 aliphatic carbocycles. The number of nitrogens with one attached hydrogen (secondary N) is 1. The van der Waals surface area contributed by atoms with Crippen LogP contribution in [0.5, 0.6) is 5.75 Å². The van der Waals surface area contributed by atoms with Crippen LogP contribution >= 0.6 is 15.9 Å². The second-order valence-electron chi connectivity index (χ2n) is 4.19. The van der Waals surface area contributed by atoms with Gasteiger partial charge in [0.25, 0.3) is 0 Å². The van der Waals surface area contributed by atoms with E-state index in [0.717, 1.165) is 42.8 Å². The van der Waals surface area contributed by atoms with E-state index in [0.29, 0.717) is 0 Å². The molecule has 0 unspecified atom stereocenters. The van der Waals surface area contributed by atoms with E-state index in [1.165, 1.54) is 11.1 Å². The van der Waals surface area contributed by atoms with Crippen LogP contribution in [0, 0.1) is 0 Å². The number of fused-ring (bicyclic) bond motifs is 1. The Morgan fingerprint density at radius 2 is 2.35 bits per heavy atom. The lowest BCUT2D eigenvalue weighted by molar-refractivity contribution is 0.352. The van der Waals surface area contributed by atoms with Crippen LogP contribution in [0.4, 0.5) is 0 Å². The van der Waals surface area contributed by atoms with Gasteiger partial charge in [-0.15, -0.1) is 0 Å². The van der Waals surface area contributed by atoms with Crippen molar-refractivity contribution in [2.24, 2.45) is 0 Å². The average molecular weight is 296 g/mol. The van der Waals surface area contributed by atoms with Crippen molar-refractivity contribution in [1.82, 2.24) is 5.32 Å². The van der Waals surface area contributed by atoms with E-state index in [2.05, 4.69) is 52.5 Å². The first kappa shape index (κ1) is 12.7. The average Bonchev–Trinajstić information content (AvgIpc) is 2.76. The Hall–Kier alpha value is -0.800. The third-order valence-corrected chi connectivity index (χ3v) is 3.32. The molecule has 0 amide bonds. The van der Waals surface area contributed by atoms with Crippen molar-refractivity contribution in [3.63, 3.8) is 0 Å². The highest BCUT2D eigenvalue weighted by Gasteiger charge is 2.16. The molecule has 1 aromatic rings. The van der Waals surface area contributed by atoms with Gasteiger partial charge in [0.15, 0.2) is 0 Å². The molecule has 1 heterocycles. The van der Waals surface area contributed by atoms with Crippen LogP contribution < -0.4 is 10.1 Å². The molecule has 0 bridgehead atoms. The number of hydrogen-bond donors (Lipinski definition) is 1. The molecule has 1 aliphatic heterocycles. The highest BCUT2D eigenvalue weighted by molar-refractivity contribution is 9.10. The molecule has 2 nitrogen and oxygen atoms in total. The molecule has 0 fully saturated rings. The lowest BCUT2D eigenvalue weighted by Gasteiger charge is -2.09. The fourth-order valence-electron chi connectivity index (χ4n) is 2.05. The Morgan fingerprint density at radius 3 is 3.18 bits per heavy atom. The van der Waals surface area contributed by atoms with E-state index in [1.54, 1.807) is 0 Å². The predicted octanol–water partition coefficient (Wildman–Crippen LogP) is 3.44. The van der Waals surface area contributed by atoms with Crippen LogP contribution in [0.3, 0.4) is 0 Å². The summed E-state index contributed by atoms with van der Waals surface area (Å²) in [7, 11) is 0. The van der Waals surface area contributed by atoms with Gasteiger partial charge in [-0.05, 0) is 37.6 Å². The molecule has 0 saturated carbocycles. The van der Waals surface area contributed by atoms with E-state index in [-0.39, 0.29) is 0 Å². The monoisotopic (exact) mass is 295 g/mol. The zero-order chi connectivity index (χ0) is 12.1. The minimum Gasteiger partial charge on any atom is -0.493 e. The maximum absolute atomic E-state index is 5.69. The van der Waals surface area contributed by atoms with Gasteiger partial charge in [-0.2, -0.15) is 0 Å². The summed E-state index contributed by atoms with van der Waals surface area (Å²) in [5.41, 5.74) is 2.58. The van der Waals surface area contributed by atoms with Gasteiger partial charge in [-0.25, -0.2) is 0 Å². The van der Waals surface area contributed by atoms with E-state index in [1.807, 2.05) is 0 Å². The van der Waals surface area contributed by atoms with Crippen molar-refractivity contribution < 1.29 is 4.74 Å². The van der Waals surface area contributed by atoms with Crippen molar-refractivity contribution in [3.8, 4) is 5.75 Å². The number of allylic oxidation sites excluding steroid dienone is 1. The molecule has 3 heteroatoms. The fraction of sp³-hybridized carbons (Fsp3) is 0.429. The highest BCUT2D eigenvalue weighted by atomic mass is 79.9. The summed E-state index contributed by atoms with van der Waals surface area (Å²) >= 11 is 3.56. The molecule has 1 N–H and O–H groups in total. The summed E-state index contributed by atoms with van der Waals surface area (Å²) in [6.07, 6.45) is 6.37. The highest BCUT2D eigenvalue weighted by Crippen LogP contribution is 2.32. The summed E-state index contributed by atoms with van der Waals surface area (Å²) in [6, 6.07) is 4.30. The maximum Gasteiger partial charge on any atom is 0.127 e. The van der Waals surface area contributed by atoms with Crippen LogP contribution in [0.1, 0.15) is 24.5 Å². The molecular weight excluding hydrogens is 278 g/mol. The summed E-state index contributed by atoms with van der Waals surface area (Å²) in [5, 5.41) is 3.44. The van der Waals surface area contributed by atoms with Crippen molar-refractivity contribution in [2.45, 2.75) is 26.3 Å². The number of halogens is 1. The zero-order valence-corrected chi connectivity index (χ0v) is 11.7. The van der Waals surface area contributed by atoms with Crippen molar-refractivity contribution in [3.05, 3.63) is 39.9 Å². The summed E-state index contributed by atoms with van der Waals surface area (Å²) in [4.78, 5) is 0. The molecule has 0 saturated heterocycles. The molecule has 0 spiro atoms. The van der Waals surface area contributed by atoms with Gasteiger partial charge >= 0.3 is 0 Å². The molecule has 0 aromatic heterocycles. The largest absolute Gasteiger partial charge is 0.493 e. The van der Waals surface area contributed by atoms with Gasteiger partial charge in [-0.1, -0.05) is 28.1 Å². The minimum absolute atomic E-state index is 0.817. The lowest BCUT2D eigenvalue weighted by Crippen LogP contribution is -2.14. The zero-order valence-electron chi connectivity index (χ0n) is 10.1. The normalized spacial score (nSPS) is 14.0. The molecule has 0 radical (unpaired) electrons. The number of ether oxygens (including phenoxy) is 1. The topological polar surface area (TPSA) is 21.3 Å². The Balaban J connectivity index is 1.96. The van der Waals surface area contributed by atoms with Crippen LogP contribution in [-0.2, 0) is 13.0 Å². The third-order valence-electron chi connectivity index (χ3n) is 2.86. The molecule has 0 atom stereocenters. The summed E-state index contributed by atoms with van der Waals surface area (Å²) in [6.45, 7) is 4.75. The minimum atomic E-state index is 0.817. The van der Waals surface area contributed by atoms with Gasteiger partial charge in [0.05, 0.1) is 6.61 Å². The lowest BCUT2D eigenvalue weighted by atomic mass is 10.1. The molecule has 1 aliphatic rings.